The summed E-state index contributed by atoms with van der Waals surface area (Å²) in [6, 6.07) is 1.62. The molecule has 0 unspecified atom stereocenters. The molecule has 1 fully saturated rings. The number of aromatic amines is 1. The maximum absolute atomic E-state index is 14.3. The molecule has 2 atom stereocenters. The fourth-order valence-corrected chi connectivity index (χ4v) is 3.61. The lowest BCUT2D eigenvalue weighted by Crippen LogP contribution is -2.27. The number of amidine groups is 1. The number of halogens is 2. The van der Waals surface area contributed by atoms with Crippen molar-refractivity contribution in [2.45, 2.75) is 31.7 Å². The van der Waals surface area contributed by atoms with Gasteiger partial charge in [-0.1, -0.05) is 18.2 Å². The van der Waals surface area contributed by atoms with Crippen LogP contribution in [0.15, 0.2) is 47.8 Å². The van der Waals surface area contributed by atoms with Crippen molar-refractivity contribution in [3.05, 3.63) is 53.3 Å². The van der Waals surface area contributed by atoms with E-state index in [0.717, 1.165) is 18.9 Å². The van der Waals surface area contributed by atoms with Crippen LogP contribution in [-0.2, 0) is 4.79 Å². The number of carboxylic acids is 1. The van der Waals surface area contributed by atoms with E-state index in [1.807, 2.05) is 0 Å². The molecule has 0 amide bonds. The average Bonchev–Trinajstić information content (AvgIpc) is 3.26. The van der Waals surface area contributed by atoms with Crippen LogP contribution in [0.2, 0.25) is 5.02 Å². The second kappa shape index (κ2) is 8.43. The fraction of sp³-hybridized carbons (Fsp3) is 0.316. The summed E-state index contributed by atoms with van der Waals surface area (Å²) in [6.07, 6.45) is 6.42. The first-order valence-corrected chi connectivity index (χ1v) is 9.23. The monoisotopic (exact) mass is 405 g/mol. The number of aliphatic imine (C=N–C) groups is 1. The second-order valence-electron chi connectivity index (χ2n) is 6.77. The third-order valence-corrected chi connectivity index (χ3v) is 4.96. The maximum atomic E-state index is 14.3. The molecule has 0 bridgehead atoms. The van der Waals surface area contributed by atoms with Crippen molar-refractivity contribution in [3.63, 3.8) is 0 Å². The molecule has 1 aliphatic carbocycles. The number of allylic oxidation sites excluding steroid dienone is 2. The van der Waals surface area contributed by atoms with Gasteiger partial charge < -0.3 is 21.1 Å². The van der Waals surface area contributed by atoms with Gasteiger partial charge in [0.25, 0.3) is 0 Å². The number of pyridine rings is 1. The van der Waals surface area contributed by atoms with Crippen molar-refractivity contribution in [1.29, 1.82) is 0 Å². The van der Waals surface area contributed by atoms with E-state index in [-0.39, 0.29) is 30.0 Å². The molecule has 9 heteroatoms. The minimum absolute atomic E-state index is 0.0298. The van der Waals surface area contributed by atoms with Crippen LogP contribution in [0, 0.1) is 5.92 Å². The molecule has 0 aromatic carbocycles. The zero-order valence-electron chi connectivity index (χ0n) is 15.1. The maximum Gasteiger partial charge on any atom is 0.303 e. The predicted octanol–water partition coefficient (Wildman–Crippen LogP) is 3.48. The highest BCUT2D eigenvalue weighted by atomic mass is 35.5. The lowest BCUT2D eigenvalue weighted by molar-refractivity contribution is -0.138. The number of hydrogen-bond donors (Lipinski definition) is 4. The van der Waals surface area contributed by atoms with Gasteiger partial charge in [0.1, 0.15) is 11.5 Å². The molecule has 2 aromatic heterocycles. The van der Waals surface area contributed by atoms with Gasteiger partial charge in [0.05, 0.1) is 5.02 Å². The summed E-state index contributed by atoms with van der Waals surface area (Å²) in [5.41, 5.74) is 7.27. The van der Waals surface area contributed by atoms with Crippen LogP contribution >= 0.6 is 11.6 Å². The molecule has 5 N–H and O–H groups in total. The number of nitrogens with one attached hydrogen (secondary N) is 2. The first kappa shape index (κ1) is 19.9. The molecule has 7 nitrogen and oxygen atoms in total. The van der Waals surface area contributed by atoms with Crippen LogP contribution < -0.4 is 11.1 Å². The van der Waals surface area contributed by atoms with E-state index in [0.29, 0.717) is 28.0 Å². The number of nitrogens with two attached hydrogens (primary N) is 1. The van der Waals surface area contributed by atoms with E-state index in [4.69, 9.17) is 22.4 Å². The van der Waals surface area contributed by atoms with E-state index in [2.05, 4.69) is 26.9 Å². The summed E-state index contributed by atoms with van der Waals surface area (Å²) >= 11 is 6.00. The van der Waals surface area contributed by atoms with Gasteiger partial charge in [-0.05, 0) is 37.3 Å². The molecule has 0 radical (unpaired) electrons. The first-order chi connectivity index (χ1) is 13.4. The van der Waals surface area contributed by atoms with Gasteiger partial charge in [-0.2, -0.15) is 0 Å². The Morgan fingerprint density at radius 2 is 2.36 bits per heavy atom. The molecule has 148 valence electrons. The Morgan fingerprint density at radius 3 is 3.07 bits per heavy atom. The highest BCUT2D eigenvalue weighted by Crippen LogP contribution is 2.29. The van der Waals surface area contributed by atoms with Crippen LogP contribution in [0.25, 0.3) is 11.0 Å². The smallest absolute Gasteiger partial charge is 0.303 e. The molecular weight excluding hydrogens is 385 g/mol. The molecule has 3 rings (SSSR count). The van der Waals surface area contributed by atoms with Crippen molar-refractivity contribution < 1.29 is 14.3 Å². The Balaban J connectivity index is 1.83. The third-order valence-electron chi connectivity index (χ3n) is 4.76. The van der Waals surface area contributed by atoms with E-state index in [1.165, 1.54) is 6.20 Å². The summed E-state index contributed by atoms with van der Waals surface area (Å²) in [5, 5.41) is 13.1. The molecule has 28 heavy (non-hydrogen) atoms. The van der Waals surface area contributed by atoms with Crippen molar-refractivity contribution in [1.82, 2.24) is 15.3 Å². The van der Waals surface area contributed by atoms with Crippen LogP contribution in [0.3, 0.4) is 0 Å². The molecular formula is C19H21ClFN5O2. The van der Waals surface area contributed by atoms with Gasteiger partial charge in [-0.3, -0.25) is 4.79 Å². The molecule has 1 saturated carbocycles. The van der Waals surface area contributed by atoms with E-state index >= 15 is 0 Å². The summed E-state index contributed by atoms with van der Waals surface area (Å²) in [6.45, 7) is 3.45. The fourth-order valence-electron chi connectivity index (χ4n) is 3.45. The van der Waals surface area contributed by atoms with E-state index in [1.54, 1.807) is 12.3 Å². The normalized spacial score (nSPS) is 20.9. The van der Waals surface area contributed by atoms with E-state index < -0.39 is 11.8 Å². The summed E-state index contributed by atoms with van der Waals surface area (Å²) in [5.74, 6) is -1.34. The lowest BCUT2D eigenvalue weighted by Gasteiger charge is -2.15. The number of nitrogens with zero attached hydrogens (tertiary/aromatic N) is 2. The number of aliphatic carboxylic acids is 1. The molecule has 0 aliphatic heterocycles. The second-order valence-corrected chi connectivity index (χ2v) is 7.20. The number of H-pyrrole nitrogens is 1. The van der Waals surface area contributed by atoms with Crippen LogP contribution in [-0.4, -0.2) is 32.9 Å². The minimum Gasteiger partial charge on any atom is -0.481 e. The van der Waals surface area contributed by atoms with Gasteiger partial charge in [-0.25, -0.2) is 14.4 Å². The first-order valence-electron chi connectivity index (χ1n) is 8.85. The zero-order valence-corrected chi connectivity index (χ0v) is 15.8. The van der Waals surface area contributed by atoms with Crippen molar-refractivity contribution in [2.75, 3.05) is 0 Å². The van der Waals surface area contributed by atoms with Crippen LogP contribution in [0.1, 0.15) is 31.2 Å². The minimum atomic E-state index is -0.826. The molecule has 0 spiro atoms. The van der Waals surface area contributed by atoms with Gasteiger partial charge >= 0.3 is 5.97 Å². The number of fused-ring (bicyclic) bond motifs is 1. The van der Waals surface area contributed by atoms with Gasteiger partial charge in [0.15, 0.2) is 11.6 Å². The van der Waals surface area contributed by atoms with E-state index in [9.17, 15) is 9.18 Å². The number of aromatic nitrogens is 2. The SMILES string of the molecule is C=C/C(F)=C(\N=C(/N)c1c[nH]c2ncc(Cl)cc12)N[C@H]1CC[C@@H](CC(=O)O)C1. The highest BCUT2D eigenvalue weighted by molar-refractivity contribution is 6.31. The Kier molecular flexibility index (Phi) is 5.99. The quantitative estimate of drug-likeness (QED) is 0.319. The van der Waals surface area contributed by atoms with Crippen molar-refractivity contribution >= 4 is 34.4 Å². The Morgan fingerprint density at radius 1 is 1.57 bits per heavy atom. The number of carboxylic acid groups (broad SMARTS) is 1. The lowest BCUT2D eigenvalue weighted by atomic mass is 10.0. The number of hydrogen-bond acceptors (Lipinski definition) is 4. The zero-order chi connectivity index (χ0) is 20.3. The molecule has 1 aliphatic rings. The third kappa shape index (κ3) is 4.51. The standard InChI is InChI=1S/C19H21ClFN5O2/c1-2-15(21)19(25-12-4-3-10(5-12)6-16(27)28)26-17(22)14-9-24-18-13(14)7-11(20)8-23-18/h2,7-10,12,25H,1,3-6H2,(H2,22,26)(H,23,24)(H,27,28)/b19-15+/t10-,12+/m1/s1. The van der Waals surface area contributed by atoms with Crippen LogP contribution in [0.4, 0.5) is 4.39 Å². The molecule has 2 heterocycles. The summed E-state index contributed by atoms with van der Waals surface area (Å²) < 4.78 is 14.3. The molecule has 2 aromatic rings. The highest BCUT2D eigenvalue weighted by Gasteiger charge is 2.27. The predicted molar refractivity (Wildman–Crippen MR) is 107 cm³/mol. The Bertz CT molecular complexity index is 968. The Hall–Kier alpha value is -2.87. The average molecular weight is 406 g/mol. The van der Waals surface area contributed by atoms with Crippen molar-refractivity contribution in [2.24, 2.45) is 16.6 Å². The summed E-state index contributed by atoms with van der Waals surface area (Å²) in [7, 11) is 0. The number of rotatable bonds is 7. The Labute approximate surface area is 166 Å². The van der Waals surface area contributed by atoms with Gasteiger partial charge in [0.2, 0.25) is 0 Å². The number of carbonyl (C=O) groups is 1. The topological polar surface area (TPSA) is 116 Å². The largest absolute Gasteiger partial charge is 0.481 e. The van der Waals surface area contributed by atoms with Crippen LogP contribution in [0.5, 0.6) is 0 Å². The van der Waals surface area contributed by atoms with Gasteiger partial charge in [0, 0.05) is 35.8 Å². The van der Waals surface area contributed by atoms with Crippen molar-refractivity contribution in [3.8, 4) is 0 Å². The van der Waals surface area contributed by atoms with Gasteiger partial charge in [-0.15, -0.1) is 0 Å². The summed E-state index contributed by atoms with van der Waals surface area (Å²) in [4.78, 5) is 22.3. The molecule has 0 saturated heterocycles.